The van der Waals surface area contributed by atoms with Gasteiger partial charge in [-0.3, -0.25) is 0 Å². The van der Waals surface area contributed by atoms with E-state index in [0.717, 1.165) is 61.6 Å². The molecule has 0 amide bonds. The summed E-state index contributed by atoms with van der Waals surface area (Å²) < 4.78 is 8.29. The molecule has 0 saturated carbocycles. The molecule has 4 nitrogen and oxygen atoms in total. The maximum absolute atomic E-state index is 6.93. The SMILES string of the molecule is CC1CC=Cc2sc3c(cc(-c4cccc5c4oc4cccc(-c6nc(-c7ccc(-c8ccccc8)cc7)nc(-c7ccc8ccccc8c7)n6)c45)c4ccccc43)c21. The van der Waals surface area contributed by atoms with E-state index in [-0.39, 0.29) is 0 Å². The van der Waals surface area contributed by atoms with Crippen molar-refractivity contribution < 1.29 is 4.42 Å². The van der Waals surface area contributed by atoms with Gasteiger partial charge >= 0.3 is 0 Å². The lowest BCUT2D eigenvalue weighted by Gasteiger charge is -2.15. The van der Waals surface area contributed by atoms with Crippen LogP contribution < -0.4 is 0 Å². The van der Waals surface area contributed by atoms with Crippen LogP contribution in [0.2, 0.25) is 0 Å². The number of furan rings is 1. The van der Waals surface area contributed by atoms with Gasteiger partial charge in [-0.1, -0.05) is 159 Å². The van der Waals surface area contributed by atoms with Crippen molar-refractivity contribution in [2.24, 2.45) is 0 Å². The van der Waals surface area contributed by atoms with Gasteiger partial charge < -0.3 is 4.42 Å². The molecule has 8 aromatic carbocycles. The normalized spacial score (nSPS) is 13.9. The summed E-state index contributed by atoms with van der Waals surface area (Å²) in [7, 11) is 0. The maximum atomic E-state index is 6.93. The molecular weight excluding hydrogens is 739 g/mol. The van der Waals surface area contributed by atoms with Crippen molar-refractivity contribution in [2.75, 3.05) is 0 Å². The monoisotopic (exact) mass is 773 g/mol. The first kappa shape index (κ1) is 33.9. The Morgan fingerprint density at radius 2 is 1.17 bits per heavy atom. The fourth-order valence-electron chi connectivity index (χ4n) is 9.08. The first-order chi connectivity index (χ1) is 29.1. The summed E-state index contributed by atoms with van der Waals surface area (Å²) in [5.41, 5.74) is 10.4. The Labute approximate surface area is 344 Å². The number of para-hydroxylation sites is 1. The molecule has 11 aromatic rings. The standard InChI is InChI=1S/C54H35N3OS/c1-32-12-9-23-47-48(32)45-31-44(39-17-7-8-18-41(39)51(45)59-47)40-19-10-20-42-49-43(21-11-22-46(49)58-50(40)42)54-56-52(36-27-24-35(25-28-36)33-13-3-2-4-14-33)55-53(57-54)38-29-26-34-15-5-6-16-37(34)30-38/h2-11,13-32H,12H2,1H3. The summed E-state index contributed by atoms with van der Waals surface area (Å²) in [5.74, 6) is 2.30. The number of allylic oxidation sites excluding steroid dienone is 1. The van der Waals surface area contributed by atoms with E-state index in [1.54, 1.807) is 0 Å². The fourth-order valence-corrected chi connectivity index (χ4v) is 10.5. The number of fused-ring (bicyclic) bond motifs is 9. The minimum absolute atomic E-state index is 0.467. The van der Waals surface area contributed by atoms with Crippen molar-refractivity contribution in [3.63, 3.8) is 0 Å². The topological polar surface area (TPSA) is 51.8 Å². The second kappa shape index (κ2) is 13.4. The minimum Gasteiger partial charge on any atom is -0.455 e. The Balaban J connectivity index is 1.07. The molecule has 5 heteroatoms. The van der Waals surface area contributed by atoms with E-state index in [4.69, 9.17) is 19.4 Å². The second-order valence-corrected chi connectivity index (χ2v) is 16.6. The summed E-state index contributed by atoms with van der Waals surface area (Å²) in [6.45, 7) is 2.35. The van der Waals surface area contributed by atoms with Crippen LogP contribution in [0.4, 0.5) is 0 Å². The van der Waals surface area contributed by atoms with Gasteiger partial charge in [0.15, 0.2) is 17.5 Å². The third-order valence-electron chi connectivity index (χ3n) is 12.0. The van der Waals surface area contributed by atoms with Crippen LogP contribution in [-0.4, -0.2) is 15.0 Å². The van der Waals surface area contributed by atoms with Crippen LogP contribution in [0.15, 0.2) is 174 Å². The van der Waals surface area contributed by atoms with E-state index in [1.165, 1.54) is 47.8 Å². The molecule has 1 aliphatic carbocycles. The summed E-state index contributed by atoms with van der Waals surface area (Å²) in [5, 5.41) is 8.18. The van der Waals surface area contributed by atoms with E-state index in [0.29, 0.717) is 23.4 Å². The van der Waals surface area contributed by atoms with E-state index in [1.807, 2.05) is 23.5 Å². The van der Waals surface area contributed by atoms with Gasteiger partial charge in [0.25, 0.3) is 0 Å². The van der Waals surface area contributed by atoms with Gasteiger partial charge in [0.1, 0.15) is 11.2 Å². The zero-order chi connectivity index (χ0) is 39.0. The molecule has 0 aliphatic heterocycles. The highest BCUT2D eigenvalue weighted by molar-refractivity contribution is 7.21. The molecule has 1 unspecified atom stereocenters. The molecule has 0 bridgehead atoms. The largest absolute Gasteiger partial charge is 0.455 e. The summed E-state index contributed by atoms with van der Waals surface area (Å²) in [6, 6.07) is 57.7. The molecule has 12 rings (SSSR count). The number of benzene rings is 8. The predicted molar refractivity (Wildman–Crippen MR) is 247 cm³/mol. The number of nitrogens with zero attached hydrogens (tertiary/aromatic N) is 3. The van der Waals surface area contributed by atoms with Crippen molar-refractivity contribution in [3.05, 3.63) is 180 Å². The number of hydrogen-bond acceptors (Lipinski definition) is 5. The molecule has 0 saturated heterocycles. The van der Waals surface area contributed by atoms with Gasteiger partial charge in [0.2, 0.25) is 0 Å². The minimum atomic E-state index is 0.467. The van der Waals surface area contributed by atoms with Crippen molar-refractivity contribution in [3.8, 4) is 56.4 Å². The van der Waals surface area contributed by atoms with E-state index in [9.17, 15) is 0 Å². The first-order valence-electron chi connectivity index (χ1n) is 20.2. The Bertz CT molecular complexity index is 3490. The average molecular weight is 774 g/mol. The van der Waals surface area contributed by atoms with Crippen LogP contribution in [0.25, 0.3) is 116 Å². The van der Waals surface area contributed by atoms with Crippen LogP contribution >= 0.6 is 11.3 Å². The van der Waals surface area contributed by atoms with Gasteiger partial charge in [-0.05, 0) is 80.4 Å². The lowest BCUT2D eigenvalue weighted by atomic mass is 9.88. The van der Waals surface area contributed by atoms with Crippen molar-refractivity contribution in [1.82, 2.24) is 15.0 Å². The van der Waals surface area contributed by atoms with Crippen LogP contribution in [0.5, 0.6) is 0 Å². The number of rotatable bonds is 5. The second-order valence-electron chi connectivity index (χ2n) is 15.5. The third-order valence-corrected chi connectivity index (χ3v) is 13.2. The first-order valence-corrected chi connectivity index (χ1v) is 21.0. The van der Waals surface area contributed by atoms with Gasteiger partial charge in [-0.15, -0.1) is 11.3 Å². The molecule has 278 valence electrons. The van der Waals surface area contributed by atoms with Crippen molar-refractivity contribution >= 4 is 71.0 Å². The molecular formula is C54H35N3OS. The summed E-state index contributed by atoms with van der Waals surface area (Å²) in [4.78, 5) is 17.0. The van der Waals surface area contributed by atoms with Gasteiger partial charge in [0, 0.05) is 48.0 Å². The lowest BCUT2D eigenvalue weighted by Crippen LogP contribution is -2.00. The highest BCUT2D eigenvalue weighted by Crippen LogP contribution is 2.48. The summed E-state index contributed by atoms with van der Waals surface area (Å²) >= 11 is 1.91. The van der Waals surface area contributed by atoms with E-state index >= 15 is 0 Å². The average Bonchev–Trinajstić information content (AvgIpc) is 3.88. The molecule has 59 heavy (non-hydrogen) atoms. The number of thiophene rings is 1. The zero-order valence-corrected chi connectivity index (χ0v) is 33.0. The molecule has 0 radical (unpaired) electrons. The molecule has 0 fully saturated rings. The molecule has 3 aromatic heterocycles. The van der Waals surface area contributed by atoms with Gasteiger partial charge in [0.05, 0.1) is 0 Å². The van der Waals surface area contributed by atoms with Crippen molar-refractivity contribution in [1.29, 1.82) is 0 Å². The van der Waals surface area contributed by atoms with Gasteiger partial charge in [-0.25, -0.2) is 15.0 Å². The molecule has 3 heterocycles. The lowest BCUT2D eigenvalue weighted by molar-refractivity contribution is 0.670. The predicted octanol–water partition coefficient (Wildman–Crippen LogP) is 15.1. The third kappa shape index (κ3) is 5.54. The highest BCUT2D eigenvalue weighted by atomic mass is 32.1. The number of hydrogen-bond donors (Lipinski definition) is 0. The van der Waals surface area contributed by atoms with Gasteiger partial charge in [-0.2, -0.15) is 0 Å². The Hall–Kier alpha value is -7.21. The fraction of sp³-hybridized carbons (Fsp3) is 0.0556. The van der Waals surface area contributed by atoms with Crippen LogP contribution in [0, 0.1) is 0 Å². The summed E-state index contributed by atoms with van der Waals surface area (Å²) in [6.07, 6.45) is 5.69. The number of aromatic nitrogens is 3. The quantitative estimate of drug-likeness (QED) is 0.175. The van der Waals surface area contributed by atoms with Crippen LogP contribution in [-0.2, 0) is 0 Å². The van der Waals surface area contributed by atoms with Crippen LogP contribution in [0.3, 0.4) is 0 Å². The smallest absolute Gasteiger partial charge is 0.164 e. The molecule has 1 atom stereocenters. The molecule has 1 aliphatic rings. The Morgan fingerprint density at radius 3 is 2.03 bits per heavy atom. The Kier molecular flexibility index (Phi) is 7.72. The molecule has 0 spiro atoms. The van der Waals surface area contributed by atoms with E-state index in [2.05, 4.69) is 171 Å². The van der Waals surface area contributed by atoms with Crippen LogP contribution in [0.1, 0.15) is 29.7 Å². The zero-order valence-electron chi connectivity index (χ0n) is 32.2. The highest BCUT2D eigenvalue weighted by Gasteiger charge is 2.24. The molecule has 0 N–H and O–H groups in total. The Morgan fingerprint density at radius 1 is 0.508 bits per heavy atom. The van der Waals surface area contributed by atoms with E-state index < -0.39 is 0 Å². The van der Waals surface area contributed by atoms with Crippen molar-refractivity contribution in [2.45, 2.75) is 19.3 Å². The maximum Gasteiger partial charge on any atom is 0.164 e.